The van der Waals surface area contributed by atoms with E-state index in [9.17, 15) is 0 Å². The predicted molar refractivity (Wildman–Crippen MR) is 111 cm³/mol. The zero-order valence-corrected chi connectivity index (χ0v) is 15.9. The van der Waals surface area contributed by atoms with Crippen LogP contribution in [0.2, 0.25) is 0 Å². The van der Waals surface area contributed by atoms with Gasteiger partial charge in [-0.1, -0.05) is 48.5 Å². The molecule has 1 N–H and O–H groups in total. The summed E-state index contributed by atoms with van der Waals surface area (Å²) in [4.78, 5) is 0. The zero-order valence-electron chi connectivity index (χ0n) is 15.1. The summed E-state index contributed by atoms with van der Waals surface area (Å²) in [6, 6.07) is 20.2. The van der Waals surface area contributed by atoms with Crippen molar-refractivity contribution in [3.63, 3.8) is 0 Å². The molecule has 2 aromatic heterocycles. The van der Waals surface area contributed by atoms with E-state index in [0.717, 1.165) is 41.2 Å². The number of hydrogen-bond acceptors (Lipinski definition) is 4. The van der Waals surface area contributed by atoms with Gasteiger partial charge in [-0.25, -0.2) is 4.68 Å². The molecule has 5 rings (SSSR count). The maximum atomic E-state index is 5.35. The minimum Gasteiger partial charge on any atom is -0.250 e. The minimum atomic E-state index is 0.450. The summed E-state index contributed by atoms with van der Waals surface area (Å²) in [7, 11) is 0. The average Bonchev–Trinajstić information content (AvgIpc) is 3.39. The summed E-state index contributed by atoms with van der Waals surface area (Å²) in [6.07, 6.45) is 6.07. The predicted octanol–water partition coefficient (Wildman–Crippen LogP) is 4.55. The first-order valence-corrected chi connectivity index (χ1v) is 9.62. The molecule has 0 bridgehead atoms. The number of rotatable bonds is 5. The van der Waals surface area contributed by atoms with Crippen LogP contribution >= 0.6 is 12.2 Å². The molecular formula is C21H18N6S. The van der Waals surface area contributed by atoms with Gasteiger partial charge < -0.3 is 0 Å². The van der Waals surface area contributed by atoms with Crippen molar-refractivity contribution in [3.05, 3.63) is 83.0 Å². The number of para-hydroxylation sites is 1. The van der Waals surface area contributed by atoms with Gasteiger partial charge in [0.05, 0.1) is 11.9 Å². The van der Waals surface area contributed by atoms with E-state index in [0.29, 0.717) is 10.7 Å². The van der Waals surface area contributed by atoms with Crippen LogP contribution in [0.25, 0.3) is 16.9 Å². The molecule has 2 aromatic carbocycles. The fourth-order valence-corrected chi connectivity index (χ4v) is 3.34. The second kappa shape index (κ2) is 7.01. The van der Waals surface area contributed by atoms with E-state index in [4.69, 9.17) is 17.3 Å². The summed E-state index contributed by atoms with van der Waals surface area (Å²) in [5, 5.41) is 16.6. The normalized spacial score (nSPS) is 14.0. The molecule has 2 heterocycles. The van der Waals surface area contributed by atoms with Gasteiger partial charge in [-0.3, -0.25) is 5.10 Å². The van der Waals surface area contributed by atoms with E-state index in [2.05, 4.69) is 15.3 Å². The van der Waals surface area contributed by atoms with E-state index < -0.39 is 0 Å². The number of benzene rings is 2. The highest BCUT2D eigenvalue weighted by Crippen LogP contribution is 2.38. The monoisotopic (exact) mass is 386 g/mol. The number of hydrogen-bond donors (Lipinski definition) is 1. The second-order valence-corrected chi connectivity index (χ2v) is 7.18. The van der Waals surface area contributed by atoms with Gasteiger partial charge >= 0.3 is 0 Å². The molecule has 4 aromatic rings. The third-order valence-corrected chi connectivity index (χ3v) is 5.00. The Labute approximate surface area is 167 Å². The zero-order chi connectivity index (χ0) is 18.9. The Morgan fingerprint density at radius 2 is 1.75 bits per heavy atom. The van der Waals surface area contributed by atoms with Gasteiger partial charge in [-0.05, 0) is 37.2 Å². The highest BCUT2D eigenvalue weighted by Gasteiger charge is 2.29. The molecule has 28 heavy (non-hydrogen) atoms. The van der Waals surface area contributed by atoms with Crippen LogP contribution in [0, 0.1) is 4.77 Å². The SMILES string of the molecule is S=c1[nH]nc(C2CC2)n1/N=C\c1cn(-c2ccccc2)nc1-c1ccccc1. The van der Waals surface area contributed by atoms with Crippen molar-refractivity contribution in [1.29, 1.82) is 0 Å². The van der Waals surface area contributed by atoms with Crippen molar-refractivity contribution in [2.45, 2.75) is 18.8 Å². The number of nitrogens with one attached hydrogen (secondary N) is 1. The van der Waals surface area contributed by atoms with E-state index >= 15 is 0 Å². The molecule has 0 atom stereocenters. The van der Waals surface area contributed by atoms with Crippen LogP contribution in [0.5, 0.6) is 0 Å². The first kappa shape index (κ1) is 16.8. The quantitative estimate of drug-likeness (QED) is 0.404. The van der Waals surface area contributed by atoms with Gasteiger partial charge in [0.2, 0.25) is 4.77 Å². The van der Waals surface area contributed by atoms with Crippen LogP contribution in [-0.2, 0) is 0 Å². The summed E-state index contributed by atoms with van der Waals surface area (Å²) in [5.41, 5.74) is 3.82. The first-order valence-electron chi connectivity index (χ1n) is 9.22. The van der Waals surface area contributed by atoms with Crippen molar-refractivity contribution in [1.82, 2.24) is 24.7 Å². The lowest BCUT2D eigenvalue weighted by Gasteiger charge is -2.00. The average molecular weight is 386 g/mol. The number of aromatic amines is 1. The Bertz CT molecular complexity index is 1180. The second-order valence-electron chi connectivity index (χ2n) is 6.80. The van der Waals surface area contributed by atoms with Crippen LogP contribution in [-0.4, -0.2) is 30.9 Å². The van der Waals surface area contributed by atoms with Crippen molar-refractivity contribution in [2.24, 2.45) is 5.10 Å². The van der Waals surface area contributed by atoms with Gasteiger partial charge in [0, 0.05) is 23.2 Å². The van der Waals surface area contributed by atoms with Crippen LogP contribution in [0.15, 0.2) is 72.0 Å². The van der Waals surface area contributed by atoms with Crippen molar-refractivity contribution < 1.29 is 0 Å². The summed E-state index contributed by atoms with van der Waals surface area (Å²) < 4.78 is 4.11. The molecule has 1 aliphatic rings. The first-order chi connectivity index (χ1) is 13.8. The van der Waals surface area contributed by atoms with Crippen molar-refractivity contribution in [3.8, 4) is 16.9 Å². The smallest absolute Gasteiger partial charge is 0.216 e. The molecule has 0 radical (unpaired) electrons. The minimum absolute atomic E-state index is 0.450. The van der Waals surface area contributed by atoms with Crippen LogP contribution < -0.4 is 0 Å². The Kier molecular flexibility index (Phi) is 4.21. The fraction of sp³-hybridized carbons (Fsp3) is 0.143. The number of aromatic nitrogens is 5. The third kappa shape index (κ3) is 3.20. The van der Waals surface area contributed by atoms with Gasteiger partial charge in [0.15, 0.2) is 5.82 Å². The maximum Gasteiger partial charge on any atom is 0.216 e. The van der Waals surface area contributed by atoms with Gasteiger partial charge in [-0.2, -0.15) is 20.0 Å². The fourth-order valence-electron chi connectivity index (χ4n) is 3.16. The number of H-pyrrole nitrogens is 1. The number of nitrogens with zero attached hydrogens (tertiary/aromatic N) is 5. The molecule has 1 saturated carbocycles. The summed E-state index contributed by atoms with van der Waals surface area (Å²) >= 11 is 5.35. The molecule has 6 nitrogen and oxygen atoms in total. The van der Waals surface area contributed by atoms with E-state index in [1.54, 1.807) is 4.68 Å². The van der Waals surface area contributed by atoms with Crippen LogP contribution in [0.1, 0.15) is 30.1 Å². The van der Waals surface area contributed by atoms with Crippen molar-refractivity contribution in [2.75, 3.05) is 0 Å². The van der Waals surface area contributed by atoms with Gasteiger partial charge in [0.25, 0.3) is 0 Å². The lowest BCUT2D eigenvalue weighted by atomic mass is 10.1. The Morgan fingerprint density at radius 3 is 2.46 bits per heavy atom. The largest absolute Gasteiger partial charge is 0.250 e. The van der Waals surface area contributed by atoms with Gasteiger partial charge in [0.1, 0.15) is 5.69 Å². The molecular weight excluding hydrogens is 368 g/mol. The molecule has 1 aliphatic carbocycles. The molecule has 0 unspecified atom stereocenters. The summed E-state index contributed by atoms with van der Waals surface area (Å²) in [6.45, 7) is 0. The summed E-state index contributed by atoms with van der Waals surface area (Å²) in [5.74, 6) is 1.35. The molecule has 0 amide bonds. The lowest BCUT2D eigenvalue weighted by molar-refractivity contribution is 0.773. The Morgan fingerprint density at radius 1 is 1.04 bits per heavy atom. The topological polar surface area (TPSA) is 63.8 Å². The highest BCUT2D eigenvalue weighted by atomic mass is 32.1. The highest BCUT2D eigenvalue weighted by molar-refractivity contribution is 7.71. The van der Waals surface area contributed by atoms with Crippen LogP contribution in [0.3, 0.4) is 0 Å². The maximum absolute atomic E-state index is 5.35. The molecule has 0 saturated heterocycles. The van der Waals surface area contributed by atoms with Crippen molar-refractivity contribution >= 4 is 18.4 Å². The third-order valence-electron chi connectivity index (χ3n) is 4.74. The Balaban J connectivity index is 1.59. The molecule has 0 aliphatic heterocycles. The molecule has 1 fully saturated rings. The van der Waals surface area contributed by atoms with E-state index in [-0.39, 0.29) is 0 Å². The van der Waals surface area contributed by atoms with E-state index in [1.165, 1.54) is 0 Å². The van der Waals surface area contributed by atoms with E-state index in [1.807, 2.05) is 77.8 Å². The molecule has 138 valence electrons. The van der Waals surface area contributed by atoms with Gasteiger partial charge in [-0.15, -0.1) is 0 Å². The molecule has 0 spiro atoms. The lowest BCUT2D eigenvalue weighted by Crippen LogP contribution is -1.97. The Hall–Kier alpha value is -3.32. The standard InChI is InChI=1S/C21H18N6S/c28-21-24-23-20(16-11-12-16)27(21)22-13-17-14-26(18-9-5-2-6-10-18)25-19(17)15-7-3-1-4-8-15/h1-10,13-14,16H,11-12H2,(H,24,28)/b22-13-. The van der Waals surface area contributed by atoms with Crippen LogP contribution in [0.4, 0.5) is 0 Å². The molecule has 7 heteroatoms.